The molecule has 0 bridgehead atoms. The van der Waals surface area contributed by atoms with E-state index in [1.165, 1.54) is 0 Å². The molecule has 6 heteroatoms. The smallest absolute Gasteiger partial charge is 0.190 e. The van der Waals surface area contributed by atoms with E-state index in [0.29, 0.717) is 12.8 Å². The van der Waals surface area contributed by atoms with Crippen molar-refractivity contribution in [3.05, 3.63) is 47.5 Å². The third-order valence-electron chi connectivity index (χ3n) is 2.66. The van der Waals surface area contributed by atoms with Crippen molar-refractivity contribution in [3.63, 3.8) is 0 Å². The van der Waals surface area contributed by atoms with Crippen LogP contribution in [0.15, 0.2) is 24.5 Å². The third-order valence-corrected chi connectivity index (χ3v) is 2.66. The molecule has 0 aliphatic carbocycles. The van der Waals surface area contributed by atoms with Gasteiger partial charge in [-0.15, -0.1) is 0 Å². The zero-order valence-electron chi connectivity index (χ0n) is 10.3. The predicted octanol–water partition coefficient (Wildman–Crippen LogP) is 2.36. The Labute approximate surface area is 108 Å². The minimum absolute atomic E-state index is 0.0622. The van der Waals surface area contributed by atoms with E-state index in [1.54, 1.807) is 17.0 Å². The molecule has 4 nitrogen and oxygen atoms in total. The number of nitrogens with zero attached hydrogens (tertiary/aromatic N) is 2. The highest BCUT2D eigenvalue weighted by Gasteiger charge is 2.12. The number of hydrogen-bond donors (Lipinski definition) is 0. The largest absolute Gasteiger partial charge is 0.486 e. The summed E-state index contributed by atoms with van der Waals surface area (Å²) in [6.45, 7) is 2.35. The number of hydrogen-bond acceptors (Lipinski definition) is 3. The van der Waals surface area contributed by atoms with Gasteiger partial charge >= 0.3 is 0 Å². The van der Waals surface area contributed by atoms with Crippen molar-refractivity contribution in [1.29, 1.82) is 0 Å². The van der Waals surface area contributed by atoms with Crippen molar-refractivity contribution in [2.24, 2.45) is 0 Å². The Hall–Kier alpha value is -2.24. The number of aromatic nitrogens is 2. The highest BCUT2D eigenvalue weighted by Crippen LogP contribution is 2.22. The summed E-state index contributed by atoms with van der Waals surface area (Å²) in [7, 11) is 0. The molecule has 0 fully saturated rings. The summed E-state index contributed by atoms with van der Waals surface area (Å²) in [5.74, 6) is -1.45. The van der Waals surface area contributed by atoms with Gasteiger partial charge < -0.3 is 9.30 Å². The predicted molar refractivity (Wildman–Crippen MR) is 64.2 cm³/mol. The maximum absolute atomic E-state index is 13.5. The fourth-order valence-corrected chi connectivity index (χ4v) is 1.67. The second-order valence-corrected chi connectivity index (χ2v) is 3.95. The van der Waals surface area contributed by atoms with E-state index < -0.39 is 17.4 Å². The van der Waals surface area contributed by atoms with Gasteiger partial charge in [0.2, 0.25) is 0 Å². The van der Waals surface area contributed by atoms with Gasteiger partial charge in [0.15, 0.2) is 17.4 Å². The summed E-state index contributed by atoms with van der Waals surface area (Å²) in [5, 5.41) is 0. The lowest BCUT2D eigenvalue weighted by Crippen LogP contribution is -2.10. The second-order valence-electron chi connectivity index (χ2n) is 3.95. The number of carbonyl (C=O) groups is 1. The molecule has 100 valence electrons. The first-order valence-electron chi connectivity index (χ1n) is 5.66. The lowest BCUT2D eigenvalue weighted by atomic mass is 10.2. The van der Waals surface area contributed by atoms with Crippen LogP contribution >= 0.6 is 0 Å². The Morgan fingerprint density at radius 3 is 2.58 bits per heavy atom. The van der Waals surface area contributed by atoms with Crippen molar-refractivity contribution in [2.45, 2.75) is 13.5 Å². The lowest BCUT2D eigenvalue weighted by molar-refractivity contribution is 0.112. The fourth-order valence-electron chi connectivity index (χ4n) is 1.67. The number of carbonyl (C=O) groups excluding carboxylic acids is 1. The van der Waals surface area contributed by atoms with Gasteiger partial charge in [0.1, 0.15) is 18.7 Å². The van der Waals surface area contributed by atoms with Gasteiger partial charge in [0.25, 0.3) is 0 Å². The van der Waals surface area contributed by atoms with Crippen molar-refractivity contribution in [2.75, 3.05) is 6.61 Å². The summed E-state index contributed by atoms with van der Waals surface area (Å²) in [6.07, 6.45) is 3.76. The van der Waals surface area contributed by atoms with Crippen LogP contribution in [0.4, 0.5) is 8.78 Å². The average molecular weight is 266 g/mol. The number of aldehydes is 1. The van der Waals surface area contributed by atoms with Crippen LogP contribution < -0.4 is 4.74 Å². The Bertz CT molecular complexity index is 573. The molecule has 0 saturated carbocycles. The molecule has 0 spiro atoms. The number of aryl methyl sites for hydroxylation is 1. The summed E-state index contributed by atoms with van der Waals surface area (Å²) in [5.41, 5.74) is -0.0622. The van der Waals surface area contributed by atoms with Crippen LogP contribution in [0.25, 0.3) is 0 Å². The molecule has 1 heterocycles. The maximum atomic E-state index is 13.5. The third kappa shape index (κ3) is 2.96. The van der Waals surface area contributed by atoms with Gasteiger partial charge in [0.05, 0.1) is 6.54 Å². The molecular formula is C13H12F2N2O2. The van der Waals surface area contributed by atoms with Crippen LogP contribution in [-0.2, 0) is 6.54 Å². The number of halogens is 2. The van der Waals surface area contributed by atoms with E-state index in [-0.39, 0.29) is 12.2 Å². The minimum atomic E-state index is -0.885. The minimum Gasteiger partial charge on any atom is -0.486 e. The highest BCUT2D eigenvalue weighted by atomic mass is 19.1. The van der Waals surface area contributed by atoms with Crippen LogP contribution in [0.3, 0.4) is 0 Å². The number of rotatable bonds is 5. The summed E-state index contributed by atoms with van der Waals surface area (Å²) in [4.78, 5) is 14.5. The standard InChI is InChI=1S/C13H12F2N2O2/c1-9-16-2-3-17(9)4-5-19-13-11(14)6-10(8-18)7-12(13)15/h2-3,6-8H,4-5H2,1H3. The molecule has 2 rings (SSSR count). The lowest BCUT2D eigenvalue weighted by Gasteiger charge is -2.10. The molecule has 2 aromatic rings. The molecule has 0 amide bonds. The fraction of sp³-hybridized carbons (Fsp3) is 0.231. The van der Waals surface area contributed by atoms with Crippen LogP contribution in [0.5, 0.6) is 5.75 Å². The van der Waals surface area contributed by atoms with Gasteiger partial charge in [-0.25, -0.2) is 13.8 Å². The maximum Gasteiger partial charge on any atom is 0.190 e. The molecule has 0 aliphatic heterocycles. The van der Waals surface area contributed by atoms with Gasteiger partial charge in [-0.2, -0.15) is 0 Å². The van der Waals surface area contributed by atoms with E-state index in [4.69, 9.17) is 4.74 Å². The number of ether oxygens (including phenoxy) is 1. The van der Waals surface area contributed by atoms with Crippen molar-refractivity contribution >= 4 is 6.29 Å². The van der Waals surface area contributed by atoms with Gasteiger partial charge in [0, 0.05) is 18.0 Å². The number of imidazole rings is 1. The van der Waals surface area contributed by atoms with Crippen molar-refractivity contribution in [3.8, 4) is 5.75 Å². The molecular weight excluding hydrogens is 254 g/mol. The van der Waals surface area contributed by atoms with Crippen LogP contribution in [0, 0.1) is 18.6 Å². The van der Waals surface area contributed by atoms with Crippen LogP contribution in [0.2, 0.25) is 0 Å². The molecule has 0 radical (unpaired) electrons. The molecule has 0 atom stereocenters. The van der Waals surface area contributed by atoms with E-state index in [2.05, 4.69) is 4.98 Å². The zero-order valence-corrected chi connectivity index (χ0v) is 10.3. The molecule has 0 N–H and O–H groups in total. The first kappa shape index (κ1) is 13.2. The first-order valence-corrected chi connectivity index (χ1v) is 5.66. The average Bonchev–Trinajstić information content (AvgIpc) is 2.78. The van der Waals surface area contributed by atoms with E-state index >= 15 is 0 Å². The number of benzene rings is 1. The Kier molecular flexibility index (Phi) is 3.89. The van der Waals surface area contributed by atoms with Crippen molar-refractivity contribution < 1.29 is 18.3 Å². The van der Waals surface area contributed by atoms with Gasteiger partial charge in [-0.3, -0.25) is 4.79 Å². The van der Waals surface area contributed by atoms with Crippen LogP contribution in [0.1, 0.15) is 16.2 Å². The van der Waals surface area contributed by atoms with Crippen molar-refractivity contribution in [1.82, 2.24) is 9.55 Å². The second kappa shape index (κ2) is 5.60. The zero-order chi connectivity index (χ0) is 13.8. The highest BCUT2D eigenvalue weighted by molar-refractivity contribution is 5.75. The Morgan fingerprint density at radius 2 is 2.05 bits per heavy atom. The monoisotopic (exact) mass is 266 g/mol. The summed E-state index contributed by atoms with van der Waals surface area (Å²) < 4.78 is 33.9. The van der Waals surface area contributed by atoms with Crippen LogP contribution in [-0.4, -0.2) is 22.4 Å². The van der Waals surface area contributed by atoms with E-state index in [1.807, 2.05) is 6.92 Å². The normalized spacial score (nSPS) is 10.5. The van der Waals surface area contributed by atoms with Gasteiger partial charge in [-0.1, -0.05) is 0 Å². The Morgan fingerprint density at radius 1 is 1.37 bits per heavy atom. The molecule has 0 saturated heterocycles. The summed E-state index contributed by atoms with van der Waals surface area (Å²) >= 11 is 0. The Balaban J connectivity index is 2.04. The van der Waals surface area contributed by atoms with E-state index in [0.717, 1.165) is 18.0 Å². The molecule has 0 aliphatic rings. The van der Waals surface area contributed by atoms with Gasteiger partial charge in [-0.05, 0) is 19.1 Å². The summed E-state index contributed by atoms with van der Waals surface area (Å²) in [6, 6.07) is 1.88. The molecule has 19 heavy (non-hydrogen) atoms. The topological polar surface area (TPSA) is 44.1 Å². The first-order chi connectivity index (χ1) is 9.11. The molecule has 0 unspecified atom stereocenters. The SMILES string of the molecule is Cc1nccn1CCOc1c(F)cc(C=O)cc1F. The van der Waals surface area contributed by atoms with E-state index in [9.17, 15) is 13.6 Å². The quantitative estimate of drug-likeness (QED) is 0.780. The molecule has 1 aromatic heterocycles. The molecule has 1 aromatic carbocycles.